The fourth-order valence-electron chi connectivity index (χ4n) is 3.42. The van der Waals surface area contributed by atoms with Crippen molar-refractivity contribution in [3.05, 3.63) is 72.4 Å². The predicted molar refractivity (Wildman–Crippen MR) is 99.2 cm³/mol. The molecule has 130 valence electrons. The fraction of sp³-hybridized carbons (Fsp3) is 0.158. The second kappa shape index (κ2) is 6.03. The van der Waals surface area contributed by atoms with Crippen LogP contribution in [0.5, 0.6) is 11.5 Å². The van der Waals surface area contributed by atoms with Gasteiger partial charge in [-0.1, -0.05) is 6.07 Å². The third-order valence-electron chi connectivity index (χ3n) is 4.57. The summed E-state index contributed by atoms with van der Waals surface area (Å²) in [6.45, 7) is 0.236. The topological polar surface area (TPSA) is 59.8 Å². The Bertz CT molecular complexity index is 946. The first-order chi connectivity index (χ1) is 12.8. The first-order valence-corrected chi connectivity index (χ1v) is 8.66. The Hall–Kier alpha value is -3.06. The number of hydrogen-bond acceptors (Lipinski definition) is 5. The summed E-state index contributed by atoms with van der Waals surface area (Å²) in [6, 6.07) is 15.2. The van der Waals surface area contributed by atoms with E-state index in [9.17, 15) is 0 Å². The molecule has 2 aliphatic heterocycles. The number of pyridine rings is 1. The molecular weight excluding hydrogens is 350 g/mol. The number of fused-ring (bicyclic) bond motifs is 1. The lowest BCUT2D eigenvalue weighted by Gasteiger charge is -2.26. The lowest BCUT2D eigenvalue weighted by Crippen LogP contribution is -2.29. The maximum atomic E-state index is 5.74. The van der Waals surface area contributed by atoms with Crippen LogP contribution in [0.4, 0.5) is 5.69 Å². The molecule has 7 heteroatoms. The van der Waals surface area contributed by atoms with Crippen molar-refractivity contribution in [1.82, 2.24) is 10.3 Å². The summed E-state index contributed by atoms with van der Waals surface area (Å²) < 4.78 is 16.7. The van der Waals surface area contributed by atoms with Gasteiger partial charge in [0.05, 0.1) is 18.0 Å². The lowest BCUT2D eigenvalue weighted by molar-refractivity contribution is 0.174. The van der Waals surface area contributed by atoms with Gasteiger partial charge in [-0.25, -0.2) is 0 Å². The molecule has 0 amide bonds. The normalized spacial score (nSPS) is 21.1. The highest BCUT2D eigenvalue weighted by Gasteiger charge is 2.42. The van der Waals surface area contributed by atoms with Crippen molar-refractivity contribution in [1.29, 1.82) is 0 Å². The molecule has 0 radical (unpaired) electrons. The van der Waals surface area contributed by atoms with Crippen molar-refractivity contribution < 1.29 is 13.9 Å². The maximum Gasteiger partial charge on any atom is 0.231 e. The van der Waals surface area contributed by atoms with Crippen LogP contribution in [0.15, 0.2) is 65.4 Å². The average molecular weight is 365 g/mol. The summed E-state index contributed by atoms with van der Waals surface area (Å²) in [6.07, 6.45) is 3.45. The van der Waals surface area contributed by atoms with E-state index < -0.39 is 0 Å². The molecule has 6 nitrogen and oxygen atoms in total. The molecule has 0 spiro atoms. The van der Waals surface area contributed by atoms with Gasteiger partial charge in [0.15, 0.2) is 16.6 Å². The van der Waals surface area contributed by atoms with Crippen LogP contribution >= 0.6 is 12.2 Å². The smallest absolute Gasteiger partial charge is 0.231 e. The Kier molecular flexibility index (Phi) is 3.53. The molecule has 2 aromatic heterocycles. The number of anilines is 1. The van der Waals surface area contributed by atoms with Crippen molar-refractivity contribution in [2.75, 3.05) is 11.7 Å². The first kappa shape index (κ1) is 15.2. The molecule has 3 aromatic rings. The van der Waals surface area contributed by atoms with Gasteiger partial charge in [0.1, 0.15) is 11.8 Å². The van der Waals surface area contributed by atoms with E-state index in [0.29, 0.717) is 10.9 Å². The molecule has 2 aliphatic rings. The number of furan rings is 1. The third kappa shape index (κ3) is 2.40. The van der Waals surface area contributed by atoms with E-state index in [2.05, 4.69) is 10.3 Å². The van der Waals surface area contributed by atoms with Crippen LogP contribution in [0.25, 0.3) is 0 Å². The zero-order valence-electron chi connectivity index (χ0n) is 13.7. The summed E-state index contributed by atoms with van der Waals surface area (Å²) in [5.74, 6) is 2.26. The largest absolute Gasteiger partial charge is 0.467 e. The van der Waals surface area contributed by atoms with Crippen molar-refractivity contribution in [2.45, 2.75) is 12.1 Å². The molecular formula is C19H15N3O3S. The summed E-state index contributed by atoms with van der Waals surface area (Å²) in [7, 11) is 0. The van der Waals surface area contributed by atoms with E-state index in [4.69, 9.17) is 26.1 Å². The molecule has 5 rings (SSSR count). The number of thiocarbonyl (C=S) groups is 1. The van der Waals surface area contributed by atoms with Gasteiger partial charge in [-0.3, -0.25) is 4.98 Å². The molecule has 0 saturated carbocycles. The van der Waals surface area contributed by atoms with E-state index in [-0.39, 0.29) is 18.9 Å². The molecule has 1 aromatic carbocycles. The van der Waals surface area contributed by atoms with Crippen molar-refractivity contribution in [3.63, 3.8) is 0 Å². The molecule has 1 N–H and O–H groups in total. The lowest BCUT2D eigenvalue weighted by atomic mass is 10.0. The van der Waals surface area contributed by atoms with Crippen LogP contribution in [0.2, 0.25) is 0 Å². The summed E-state index contributed by atoms with van der Waals surface area (Å²) in [5, 5.41) is 4.00. The Morgan fingerprint density at radius 3 is 2.81 bits per heavy atom. The van der Waals surface area contributed by atoms with Crippen LogP contribution in [-0.4, -0.2) is 16.9 Å². The van der Waals surface area contributed by atoms with E-state index in [1.54, 1.807) is 12.5 Å². The van der Waals surface area contributed by atoms with E-state index in [1.165, 1.54) is 0 Å². The zero-order valence-corrected chi connectivity index (χ0v) is 14.5. The second-order valence-electron chi connectivity index (χ2n) is 6.05. The average Bonchev–Trinajstić information content (AvgIpc) is 3.41. The van der Waals surface area contributed by atoms with Gasteiger partial charge in [0.25, 0.3) is 0 Å². The van der Waals surface area contributed by atoms with Gasteiger partial charge in [0, 0.05) is 18.0 Å². The van der Waals surface area contributed by atoms with Gasteiger partial charge in [-0.05, 0) is 48.6 Å². The fourth-order valence-corrected chi connectivity index (χ4v) is 3.76. The van der Waals surface area contributed by atoms with E-state index in [1.807, 2.05) is 53.4 Å². The molecule has 2 atom stereocenters. The summed E-state index contributed by atoms with van der Waals surface area (Å²) in [4.78, 5) is 6.54. The molecule has 0 unspecified atom stereocenters. The molecule has 0 aliphatic carbocycles. The third-order valence-corrected chi connectivity index (χ3v) is 4.88. The van der Waals surface area contributed by atoms with Gasteiger partial charge >= 0.3 is 0 Å². The van der Waals surface area contributed by atoms with Gasteiger partial charge in [-0.15, -0.1) is 0 Å². The van der Waals surface area contributed by atoms with Crippen molar-refractivity contribution in [3.8, 4) is 11.5 Å². The first-order valence-electron chi connectivity index (χ1n) is 8.25. The second-order valence-corrected chi connectivity index (χ2v) is 6.44. The Balaban J connectivity index is 1.60. The number of rotatable bonds is 3. The van der Waals surface area contributed by atoms with E-state index >= 15 is 0 Å². The van der Waals surface area contributed by atoms with Gasteiger partial charge in [-0.2, -0.15) is 0 Å². The van der Waals surface area contributed by atoms with Crippen LogP contribution < -0.4 is 19.7 Å². The quantitative estimate of drug-likeness (QED) is 0.712. The van der Waals surface area contributed by atoms with Gasteiger partial charge in [0.2, 0.25) is 6.79 Å². The Morgan fingerprint density at radius 2 is 2.00 bits per heavy atom. The summed E-state index contributed by atoms with van der Waals surface area (Å²) in [5.41, 5.74) is 1.81. The van der Waals surface area contributed by atoms with Crippen molar-refractivity contribution >= 4 is 23.0 Å². The van der Waals surface area contributed by atoms with Crippen LogP contribution in [-0.2, 0) is 0 Å². The minimum atomic E-state index is -0.159. The van der Waals surface area contributed by atoms with E-state index in [0.717, 1.165) is 22.9 Å². The summed E-state index contributed by atoms with van der Waals surface area (Å²) >= 11 is 5.65. The van der Waals surface area contributed by atoms with Crippen LogP contribution in [0.1, 0.15) is 23.5 Å². The molecule has 0 bridgehead atoms. The number of hydrogen-bond donors (Lipinski definition) is 1. The number of ether oxygens (including phenoxy) is 2. The van der Waals surface area contributed by atoms with Gasteiger partial charge < -0.3 is 24.1 Å². The molecule has 1 fully saturated rings. The minimum absolute atomic E-state index is 0.125. The zero-order chi connectivity index (χ0) is 17.5. The van der Waals surface area contributed by atoms with Crippen LogP contribution in [0, 0.1) is 0 Å². The Labute approximate surface area is 155 Å². The van der Waals surface area contributed by atoms with Crippen molar-refractivity contribution in [2.24, 2.45) is 0 Å². The molecule has 4 heterocycles. The standard InChI is InChI=1S/C19H15N3O3S/c26-19-21-17(13-4-1-2-8-20-13)18(15-5-3-9-23-15)22(19)12-6-7-14-16(10-12)25-11-24-14/h1-10,17-18H,11H2,(H,21,26)/t17-,18+/m0/s1. The monoisotopic (exact) mass is 365 g/mol. The number of benzene rings is 1. The number of nitrogens with zero attached hydrogens (tertiary/aromatic N) is 2. The SMILES string of the molecule is S=C1N[C@@H](c2ccccn2)[C@@H](c2ccco2)N1c1ccc2c(c1)OCO2. The van der Waals surface area contributed by atoms with Crippen LogP contribution in [0.3, 0.4) is 0 Å². The minimum Gasteiger partial charge on any atom is -0.467 e. The highest BCUT2D eigenvalue weighted by molar-refractivity contribution is 7.80. The highest BCUT2D eigenvalue weighted by atomic mass is 32.1. The number of nitrogens with one attached hydrogen (secondary N) is 1. The number of aromatic nitrogens is 1. The molecule has 26 heavy (non-hydrogen) atoms. The maximum absolute atomic E-state index is 5.74. The highest BCUT2D eigenvalue weighted by Crippen LogP contribution is 2.44. The molecule has 1 saturated heterocycles. The Morgan fingerprint density at radius 1 is 1.08 bits per heavy atom. The predicted octanol–water partition coefficient (Wildman–Crippen LogP) is 3.58.